The monoisotopic (exact) mass is 222 g/mol. The van der Waals surface area contributed by atoms with Crippen molar-refractivity contribution in [2.75, 3.05) is 13.7 Å². The normalized spacial score (nSPS) is 13.6. The van der Waals surface area contributed by atoms with Gasteiger partial charge in [0.15, 0.2) is 0 Å². The van der Waals surface area contributed by atoms with Crippen molar-refractivity contribution in [2.45, 2.75) is 33.7 Å². The summed E-state index contributed by atoms with van der Waals surface area (Å²) in [6, 6.07) is 4.28. The number of hydrogen-bond donors (Lipinski definition) is 1. The highest BCUT2D eigenvalue weighted by Gasteiger charge is 2.28. The summed E-state index contributed by atoms with van der Waals surface area (Å²) in [4.78, 5) is 4.25. The minimum absolute atomic E-state index is 0.131. The molecule has 1 heterocycles. The summed E-state index contributed by atoms with van der Waals surface area (Å²) in [6.45, 7) is 9.69. The van der Waals surface area contributed by atoms with Crippen LogP contribution < -0.4 is 10.1 Å². The van der Waals surface area contributed by atoms with Gasteiger partial charge in [0.1, 0.15) is 0 Å². The zero-order valence-electron chi connectivity index (χ0n) is 10.9. The van der Waals surface area contributed by atoms with Crippen molar-refractivity contribution in [1.82, 2.24) is 10.3 Å². The smallest absolute Gasteiger partial charge is 0.217 e. The van der Waals surface area contributed by atoms with Crippen molar-refractivity contribution in [1.29, 1.82) is 0 Å². The topological polar surface area (TPSA) is 34.2 Å². The highest BCUT2D eigenvalue weighted by atomic mass is 16.5. The molecule has 1 N–H and O–H groups in total. The first-order valence-electron chi connectivity index (χ1n) is 5.73. The summed E-state index contributed by atoms with van der Waals surface area (Å²) in [5.74, 6) is 0.711. The summed E-state index contributed by atoms with van der Waals surface area (Å²) in [5.41, 5.74) is 1.26. The third-order valence-corrected chi connectivity index (χ3v) is 2.58. The van der Waals surface area contributed by atoms with Crippen molar-refractivity contribution >= 4 is 0 Å². The quantitative estimate of drug-likeness (QED) is 0.850. The van der Waals surface area contributed by atoms with Crippen LogP contribution in [-0.4, -0.2) is 18.6 Å². The number of methoxy groups -OCH3 is 1. The third-order valence-electron chi connectivity index (χ3n) is 2.58. The molecule has 0 amide bonds. The molecule has 1 aromatic heterocycles. The van der Waals surface area contributed by atoms with Crippen LogP contribution in [0.4, 0.5) is 0 Å². The summed E-state index contributed by atoms with van der Waals surface area (Å²) < 4.78 is 5.32. The molecule has 0 radical (unpaired) electrons. The largest absolute Gasteiger partial charge is 0.481 e. The van der Waals surface area contributed by atoms with Gasteiger partial charge in [0.2, 0.25) is 5.88 Å². The van der Waals surface area contributed by atoms with E-state index in [1.807, 2.05) is 6.07 Å². The first kappa shape index (κ1) is 13.0. The maximum absolute atomic E-state index is 5.32. The van der Waals surface area contributed by atoms with Gasteiger partial charge in [-0.2, -0.15) is 0 Å². The Morgan fingerprint density at radius 2 is 2.12 bits per heavy atom. The highest BCUT2D eigenvalue weighted by molar-refractivity contribution is 5.30. The Labute approximate surface area is 98.2 Å². The molecule has 1 atom stereocenters. The number of rotatable bonds is 4. The van der Waals surface area contributed by atoms with E-state index in [1.54, 1.807) is 13.3 Å². The summed E-state index contributed by atoms with van der Waals surface area (Å²) in [6.07, 6.45) is 1.76. The molecule has 1 unspecified atom stereocenters. The maximum atomic E-state index is 5.32. The summed E-state index contributed by atoms with van der Waals surface area (Å²) in [7, 11) is 1.66. The second-order valence-electron chi connectivity index (χ2n) is 4.96. The number of pyridine rings is 1. The number of ether oxygens (including phenoxy) is 1. The van der Waals surface area contributed by atoms with E-state index in [2.05, 4.69) is 44.1 Å². The van der Waals surface area contributed by atoms with Gasteiger partial charge in [-0.15, -0.1) is 0 Å². The van der Waals surface area contributed by atoms with Gasteiger partial charge in [0.05, 0.1) is 7.11 Å². The van der Waals surface area contributed by atoms with E-state index >= 15 is 0 Å². The zero-order chi connectivity index (χ0) is 12.2. The van der Waals surface area contributed by atoms with Gasteiger partial charge in [-0.05, 0) is 18.0 Å². The van der Waals surface area contributed by atoms with Gasteiger partial charge in [0, 0.05) is 17.8 Å². The Balaban J connectivity index is 3.10. The average Bonchev–Trinajstić information content (AvgIpc) is 2.24. The molecule has 0 fully saturated rings. The van der Waals surface area contributed by atoms with Crippen molar-refractivity contribution < 1.29 is 4.74 Å². The molecule has 0 aliphatic carbocycles. The van der Waals surface area contributed by atoms with E-state index in [-0.39, 0.29) is 11.5 Å². The van der Waals surface area contributed by atoms with E-state index in [0.717, 1.165) is 12.1 Å². The molecule has 0 aliphatic rings. The molecule has 1 rings (SSSR count). The molecule has 0 aliphatic heterocycles. The molecule has 0 spiro atoms. The molecule has 0 saturated carbocycles. The first-order valence-corrected chi connectivity index (χ1v) is 5.73. The molecule has 16 heavy (non-hydrogen) atoms. The summed E-state index contributed by atoms with van der Waals surface area (Å²) in [5, 5.41) is 3.49. The minimum Gasteiger partial charge on any atom is -0.481 e. The lowest BCUT2D eigenvalue weighted by molar-refractivity contribution is 0.266. The van der Waals surface area contributed by atoms with Crippen LogP contribution in [0.1, 0.15) is 39.3 Å². The average molecular weight is 222 g/mol. The van der Waals surface area contributed by atoms with E-state index in [0.29, 0.717) is 5.88 Å². The maximum Gasteiger partial charge on any atom is 0.217 e. The lowest BCUT2D eigenvalue weighted by Crippen LogP contribution is -2.32. The van der Waals surface area contributed by atoms with Crippen LogP contribution in [0.15, 0.2) is 18.3 Å². The Kier molecular flexibility index (Phi) is 4.30. The highest BCUT2D eigenvalue weighted by Crippen LogP contribution is 2.36. The van der Waals surface area contributed by atoms with Gasteiger partial charge in [-0.3, -0.25) is 0 Å². The molecular weight excluding hydrogens is 200 g/mol. The molecule has 1 aromatic rings. The van der Waals surface area contributed by atoms with Crippen LogP contribution >= 0.6 is 0 Å². The fourth-order valence-electron chi connectivity index (χ4n) is 1.88. The predicted molar refractivity (Wildman–Crippen MR) is 66.7 cm³/mol. The zero-order valence-corrected chi connectivity index (χ0v) is 10.9. The van der Waals surface area contributed by atoms with E-state index < -0.39 is 0 Å². The van der Waals surface area contributed by atoms with E-state index in [9.17, 15) is 0 Å². The van der Waals surface area contributed by atoms with Crippen LogP contribution in [0, 0.1) is 5.41 Å². The van der Waals surface area contributed by atoms with Crippen molar-refractivity contribution in [3.63, 3.8) is 0 Å². The van der Waals surface area contributed by atoms with E-state index in [4.69, 9.17) is 4.74 Å². The summed E-state index contributed by atoms with van der Waals surface area (Å²) >= 11 is 0. The van der Waals surface area contributed by atoms with Crippen molar-refractivity contribution in [2.24, 2.45) is 5.41 Å². The van der Waals surface area contributed by atoms with Crippen LogP contribution in [-0.2, 0) is 0 Å². The minimum atomic E-state index is 0.131. The molecular formula is C13H22N2O. The Bertz CT molecular complexity index is 331. The number of hydrogen-bond acceptors (Lipinski definition) is 3. The van der Waals surface area contributed by atoms with Gasteiger partial charge >= 0.3 is 0 Å². The number of nitrogens with zero attached hydrogens (tertiary/aromatic N) is 1. The van der Waals surface area contributed by atoms with Gasteiger partial charge in [-0.1, -0.05) is 33.8 Å². The standard InChI is InChI=1S/C13H22N2O/c1-6-14-11(13(2,3)4)10-8-7-9-15-12(10)16-5/h7-9,11,14H,6H2,1-5H3. The molecule has 3 nitrogen and oxygen atoms in total. The Morgan fingerprint density at radius 3 is 2.62 bits per heavy atom. The van der Waals surface area contributed by atoms with Gasteiger partial charge in [-0.25, -0.2) is 4.98 Å². The second-order valence-corrected chi connectivity index (χ2v) is 4.96. The third kappa shape index (κ3) is 2.95. The first-order chi connectivity index (χ1) is 7.50. The second kappa shape index (κ2) is 5.30. The molecule has 90 valence electrons. The lowest BCUT2D eigenvalue weighted by Gasteiger charge is -2.32. The lowest BCUT2D eigenvalue weighted by atomic mass is 9.82. The van der Waals surface area contributed by atoms with Gasteiger partial charge < -0.3 is 10.1 Å². The van der Waals surface area contributed by atoms with Crippen molar-refractivity contribution in [3.8, 4) is 5.88 Å². The SMILES string of the molecule is CCNC(c1cccnc1OC)C(C)(C)C. The fourth-order valence-corrected chi connectivity index (χ4v) is 1.88. The van der Waals surface area contributed by atoms with Crippen LogP contribution in [0.25, 0.3) is 0 Å². The van der Waals surface area contributed by atoms with Crippen LogP contribution in [0.3, 0.4) is 0 Å². The molecule has 3 heteroatoms. The predicted octanol–water partition coefficient (Wildman–Crippen LogP) is 2.79. The van der Waals surface area contributed by atoms with Crippen molar-refractivity contribution in [3.05, 3.63) is 23.9 Å². The molecule has 0 saturated heterocycles. The number of nitrogens with one attached hydrogen (secondary N) is 1. The molecule has 0 bridgehead atoms. The molecule has 0 aromatic carbocycles. The number of aromatic nitrogens is 1. The van der Waals surface area contributed by atoms with Gasteiger partial charge in [0.25, 0.3) is 0 Å². The van der Waals surface area contributed by atoms with Crippen LogP contribution in [0.5, 0.6) is 5.88 Å². The van der Waals surface area contributed by atoms with Crippen LogP contribution in [0.2, 0.25) is 0 Å². The Hall–Kier alpha value is -1.09. The Morgan fingerprint density at radius 1 is 1.44 bits per heavy atom. The fraction of sp³-hybridized carbons (Fsp3) is 0.615. The van der Waals surface area contributed by atoms with E-state index in [1.165, 1.54) is 0 Å².